The van der Waals surface area contributed by atoms with E-state index in [1.807, 2.05) is 6.07 Å². The standard InChI is InChI=1S/C17H21N5O/c23-17-10-14(11-20-17)22-7-5-21(6-8-22)12-13-1-2-15-16(9-13)19-4-3-18-15/h1-4,9,14H,5-8,10-12H2,(H,20,23). The van der Waals surface area contributed by atoms with Crippen molar-refractivity contribution < 1.29 is 4.79 Å². The number of nitrogens with zero attached hydrogens (tertiary/aromatic N) is 4. The Hall–Kier alpha value is -2.05. The minimum atomic E-state index is 0.190. The molecule has 2 aliphatic heterocycles. The van der Waals surface area contributed by atoms with Gasteiger partial charge in [-0.1, -0.05) is 6.07 Å². The number of amides is 1. The van der Waals surface area contributed by atoms with E-state index in [1.54, 1.807) is 12.4 Å². The Morgan fingerprint density at radius 2 is 1.87 bits per heavy atom. The molecule has 1 atom stereocenters. The van der Waals surface area contributed by atoms with E-state index >= 15 is 0 Å². The highest BCUT2D eigenvalue weighted by atomic mass is 16.1. The van der Waals surface area contributed by atoms with Crippen LogP contribution in [0.5, 0.6) is 0 Å². The molecule has 1 N–H and O–H groups in total. The zero-order valence-electron chi connectivity index (χ0n) is 13.1. The quantitative estimate of drug-likeness (QED) is 0.901. The van der Waals surface area contributed by atoms with Crippen molar-refractivity contribution in [1.29, 1.82) is 0 Å². The molecule has 6 heteroatoms. The van der Waals surface area contributed by atoms with E-state index in [9.17, 15) is 4.79 Å². The second kappa shape index (κ2) is 6.22. The summed E-state index contributed by atoms with van der Waals surface area (Å²) in [5.41, 5.74) is 3.18. The van der Waals surface area contributed by atoms with E-state index < -0.39 is 0 Å². The van der Waals surface area contributed by atoms with Gasteiger partial charge in [0.25, 0.3) is 0 Å². The number of aromatic nitrogens is 2. The van der Waals surface area contributed by atoms with E-state index in [1.165, 1.54) is 5.56 Å². The molecule has 2 aliphatic rings. The van der Waals surface area contributed by atoms with Gasteiger partial charge in [-0.2, -0.15) is 0 Å². The predicted molar refractivity (Wildman–Crippen MR) is 87.8 cm³/mol. The van der Waals surface area contributed by atoms with Crippen LogP contribution in [0.15, 0.2) is 30.6 Å². The minimum absolute atomic E-state index is 0.190. The van der Waals surface area contributed by atoms with Crippen molar-refractivity contribution in [2.45, 2.75) is 19.0 Å². The predicted octanol–water partition coefficient (Wildman–Crippen LogP) is 0.636. The SMILES string of the molecule is O=C1CC(N2CCN(Cc3ccc4nccnc4c3)CC2)CN1. The van der Waals surface area contributed by atoms with Crippen LogP contribution in [0.2, 0.25) is 0 Å². The van der Waals surface area contributed by atoms with Crippen molar-refractivity contribution in [3.63, 3.8) is 0 Å². The first-order valence-corrected chi connectivity index (χ1v) is 8.21. The third kappa shape index (κ3) is 3.18. The van der Waals surface area contributed by atoms with Gasteiger partial charge in [-0.3, -0.25) is 24.6 Å². The topological polar surface area (TPSA) is 61.4 Å². The van der Waals surface area contributed by atoms with Gasteiger partial charge < -0.3 is 5.32 Å². The van der Waals surface area contributed by atoms with Crippen LogP contribution >= 0.6 is 0 Å². The molecule has 1 unspecified atom stereocenters. The van der Waals surface area contributed by atoms with Gasteiger partial charge in [0.1, 0.15) is 0 Å². The summed E-state index contributed by atoms with van der Waals surface area (Å²) >= 11 is 0. The first-order valence-electron chi connectivity index (χ1n) is 8.21. The lowest BCUT2D eigenvalue weighted by Gasteiger charge is -2.37. The Balaban J connectivity index is 1.36. The molecule has 0 saturated carbocycles. The summed E-state index contributed by atoms with van der Waals surface area (Å²) < 4.78 is 0. The third-order valence-corrected chi connectivity index (χ3v) is 4.82. The summed E-state index contributed by atoms with van der Waals surface area (Å²) in [5, 5.41) is 2.93. The molecular formula is C17H21N5O. The first-order chi connectivity index (χ1) is 11.3. The molecule has 1 aromatic carbocycles. The molecule has 3 heterocycles. The number of rotatable bonds is 3. The lowest BCUT2D eigenvalue weighted by molar-refractivity contribution is -0.119. The highest BCUT2D eigenvalue weighted by Gasteiger charge is 2.29. The summed E-state index contributed by atoms with van der Waals surface area (Å²) in [6.45, 7) is 5.91. The van der Waals surface area contributed by atoms with Crippen molar-refractivity contribution in [2.24, 2.45) is 0 Å². The number of fused-ring (bicyclic) bond motifs is 1. The van der Waals surface area contributed by atoms with Crippen LogP contribution < -0.4 is 5.32 Å². The van der Waals surface area contributed by atoms with Crippen LogP contribution in [0.1, 0.15) is 12.0 Å². The van der Waals surface area contributed by atoms with E-state index in [2.05, 4.69) is 37.2 Å². The van der Waals surface area contributed by atoms with Crippen LogP contribution in [0, 0.1) is 0 Å². The fourth-order valence-electron chi connectivity index (χ4n) is 3.50. The number of carbonyl (C=O) groups excluding carboxylic acids is 1. The molecule has 23 heavy (non-hydrogen) atoms. The average Bonchev–Trinajstić information content (AvgIpc) is 3.02. The summed E-state index contributed by atoms with van der Waals surface area (Å²) in [7, 11) is 0. The number of hydrogen-bond acceptors (Lipinski definition) is 5. The van der Waals surface area contributed by atoms with E-state index in [4.69, 9.17) is 0 Å². The van der Waals surface area contributed by atoms with Crippen molar-refractivity contribution in [1.82, 2.24) is 25.1 Å². The molecule has 0 spiro atoms. The second-order valence-electron chi connectivity index (χ2n) is 6.35. The Kier molecular flexibility index (Phi) is 3.93. The zero-order valence-corrected chi connectivity index (χ0v) is 13.1. The van der Waals surface area contributed by atoms with Gasteiger partial charge in [-0.25, -0.2) is 0 Å². The molecule has 120 valence electrons. The van der Waals surface area contributed by atoms with Gasteiger partial charge in [-0.05, 0) is 17.7 Å². The highest BCUT2D eigenvalue weighted by Crippen LogP contribution is 2.16. The maximum absolute atomic E-state index is 11.3. The molecule has 2 aromatic rings. The normalized spacial score (nSPS) is 23.3. The largest absolute Gasteiger partial charge is 0.354 e. The van der Waals surface area contributed by atoms with Crippen LogP contribution in [-0.4, -0.2) is 64.4 Å². The smallest absolute Gasteiger partial charge is 0.221 e. The van der Waals surface area contributed by atoms with Gasteiger partial charge in [0.2, 0.25) is 5.91 Å². The molecule has 6 nitrogen and oxygen atoms in total. The second-order valence-corrected chi connectivity index (χ2v) is 6.35. The monoisotopic (exact) mass is 311 g/mol. The molecule has 1 aromatic heterocycles. The van der Waals surface area contributed by atoms with Crippen molar-refractivity contribution in [2.75, 3.05) is 32.7 Å². The Bertz CT molecular complexity index is 711. The molecule has 1 amide bonds. The van der Waals surface area contributed by atoms with Gasteiger partial charge in [0.05, 0.1) is 11.0 Å². The lowest BCUT2D eigenvalue weighted by atomic mass is 10.1. The Labute approximate surface area is 135 Å². The summed E-state index contributed by atoms with van der Waals surface area (Å²) in [4.78, 5) is 25.0. The van der Waals surface area contributed by atoms with Crippen LogP contribution in [-0.2, 0) is 11.3 Å². The van der Waals surface area contributed by atoms with Gasteiger partial charge in [0, 0.05) is 64.1 Å². The van der Waals surface area contributed by atoms with Gasteiger partial charge >= 0.3 is 0 Å². The summed E-state index contributed by atoms with van der Waals surface area (Å²) in [5.74, 6) is 0.190. The van der Waals surface area contributed by atoms with Crippen LogP contribution in [0.3, 0.4) is 0 Å². The number of hydrogen-bond donors (Lipinski definition) is 1. The number of piperazine rings is 1. The first kappa shape index (κ1) is 14.5. The molecular weight excluding hydrogens is 290 g/mol. The number of carbonyl (C=O) groups is 1. The summed E-state index contributed by atoms with van der Waals surface area (Å²) in [6.07, 6.45) is 4.12. The maximum Gasteiger partial charge on any atom is 0.221 e. The molecule has 2 fully saturated rings. The van der Waals surface area contributed by atoms with E-state index in [-0.39, 0.29) is 5.91 Å². The van der Waals surface area contributed by atoms with Crippen LogP contribution in [0.25, 0.3) is 11.0 Å². The molecule has 2 saturated heterocycles. The molecule has 0 aliphatic carbocycles. The van der Waals surface area contributed by atoms with Crippen LogP contribution in [0.4, 0.5) is 0 Å². The minimum Gasteiger partial charge on any atom is -0.354 e. The maximum atomic E-state index is 11.3. The number of nitrogens with one attached hydrogen (secondary N) is 1. The fourth-order valence-corrected chi connectivity index (χ4v) is 3.50. The molecule has 4 rings (SSSR count). The zero-order chi connectivity index (χ0) is 15.6. The molecule has 0 bridgehead atoms. The van der Waals surface area contributed by atoms with E-state index in [0.29, 0.717) is 12.5 Å². The third-order valence-electron chi connectivity index (χ3n) is 4.82. The fraction of sp³-hybridized carbons (Fsp3) is 0.471. The molecule has 0 radical (unpaired) electrons. The van der Waals surface area contributed by atoms with Crippen molar-refractivity contribution in [3.8, 4) is 0 Å². The average molecular weight is 311 g/mol. The Morgan fingerprint density at radius 1 is 1.09 bits per heavy atom. The highest BCUT2D eigenvalue weighted by molar-refractivity contribution is 5.79. The van der Waals surface area contributed by atoms with Crippen molar-refractivity contribution in [3.05, 3.63) is 36.2 Å². The van der Waals surface area contributed by atoms with Gasteiger partial charge in [-0.15, -0.1) is 0 Å². The van der Waals surface area contributed by atoms with Gasteiger partial charge in [0.15, 0.2) is 0 Å². The number of benzene rings is 1. The lowest BCUT2D eigenvalue weighted by Crippen LogP contribution is -2.50. The Morgan fingerprint density at radius 3 is 2.61 bits per heavy atom. The van der Waals surface area contributed by atoms with E-state index in [0.717, 1.165) is 50.3 Å². The van der Waals surface area contributed by atoms with Crippen molar-refractivity contribution >= 4 is 16.9 Å². The summed E-state index contributed by atoms with van der Waals surface area (Å²) in [6, 6.07) is 6.71.